The van der Waals surface area contributed by atoms with E-state index in [2.05, 4.69) is 17.5 Å². The van der Waals surface area contributed by atoms with Crippen LogP contribution in [0.15, 0.2) is 30.4 Å². The standard InChI is InChI=1S/C19H24N2O2S/c1-14-12-16(19(23)21-8-10-24-11-9-21)6-7-17(14)20-18(22)13-15-4-2-3-5-15/h2,4,6-7,12,15H,3,5,8-11,13H2,1H3,(H,20,22)/t15-/m0/s1. The molecule has 0 spiro atoms. The summed E-state index contributed by atoms with van der Waals surface area (Å²) in [5.74, 6) is 2.51. The smallest absolute Gasteiger partial charge is 0.253 e. The number of anilines is 1. The number of amides is 2. The summed E-state index contributed by atoms with van der Waals surface area (Å²) >= 11 is 1.89. The highest BCUT2D eigenvalue weighted by Gasteiger charge is 2.19. The summed E-state index contributed by atoms with van der Waals surface area (Å²) in [7, 11) is 0. The Morgan fingerprint density at radius 3 is 2.75 bits per heavy atom. The van der Waals surface area contributed by atoms with Crippen molar-refractivity contribution in [2.24, 2.45) is 5.92 Å². The third-order valence-corrected chi connectivity index (χ3v) is 5.55. The van der Waals surface area contributed by atoms with Gasteiger partial charge in [0.15, 0.2) is 0 Å². The van der Waals surface area contributed by atoms with Crippen LogP contribution >= 0.6 is 11.8 Å². The van der Waals surface area contributed by atoms with Crippen molar-refractivity contribution < 1.29 is 9.59 Å². The molecular formula is C19H24N2O2S. The summed E-state index contributed by atoms with van der Waals surface area (Å²) < 4.78 is 0. The second kappa shape index (κ2) is 7.88. The van der Waals surface area contributed by atoms with E-state index in [1.807, 2.05) is 41.8 Å². The summed E-state index contributed by atoms with van der Waals surface area (Å²) in [5.41, 5.74) is 2.44. The van der Waals surface area contributed by atoms with Crippen LogP contribution in [0.5, 0.6) is 0 Å². The Labute approximate surface area is 147 Å². The number of benzene rings is 1. The van der Waals surface area contributed by atoms with Gasteiger partial charge in [0.05, 0.1) is 0 Å². The summed E-state index contributed by atoms with van der Waals surface area (Å²) in [5, 5.41) is 2.98. The Morgan fingerprint density at radius 1 is 1.29 bits per heavy atom. The minimum absolute atomic E-state index is 0.0433. The van der Waals surface area contributed by atoms with Gasteiger partial charge in [-0.2, -0.15) is 11.8 Å². The number of carbonyl (C=O) groups is 2. The van der Waals surface area contributed by atoms with Gasteiger partial charge in [-0.3, -0.25) is 9.59 Å². The minimum Gasteiger partial charge on any atom is -0.337 e. The topological polar surface area (TPSA) is 49.4 Å². The van der Waals surface area contributed by atoms with Gasteiger partial charge in [0, 0.05) is 42.3 Å². The molecule has 24 heavy (non-hydrogen) atoms. The van der Waals surface area contributed by atoms with Gasteiger partial charge in [-0.1, -0.05) is 12.2 Å². The van der Waals surface area contributed by atoms with Gasteiger partial charge in [-0.25, -0.2) is 0 Å². The van der Waals surface area contributed by atoms with Gasteiger partial charge in [-0.15, -0.1) is 0 Å². The molecule has 1 fully saturated rings. The fourth-order valence-corrected chi connectivity index (χ4v) is 4.09. The number of aryl methyl sites for hydroxylation is 1. The molecule has 1 aromatic rings. The van der Waals surface area contributed by atoms with E-state index in [1.54, 1.807) is 0 Å². The Morgan fingerprint density at radius 2 is 2.08 bits per heavy atom. The van der Waals surface area contributed by atoms with Crippen LogP contribution in [0.2, 0.25) is 0 Å². The fraction of sp³-hybridized carbons (Fsp3) is 0.474. The molecule has 2 amide bonds. The number of hydrogen-bond acceptors (Lipinski definition) is 3. The maximum atomic E-state index is 12.5. The fourth-order valence-electron chi connectivity index (χ4n) is 3.19. The van der Waals surface area contributed by atoms with E-state index < -0.39 is 0 Å². The number of carbonyl (C=O) groups excluding carboxylic acids is 2. The number of allylic oxidation sites excluding steroid dienone is 2. The van der Waals surface area contributed by atoms with E-state index in [0.717, 1.165) is 48.7 Å². The van der Waals surface area contributed by atoms with Crippen molar-refractivity contribution in [2.75, 3.05) is 29.9 Å². The van der Waals surface area contributed by atoms with Gasteiger partial charge in [0.2, 0.25) is 5.91 Å². The Bertz CT molecular complexity index is 651. The summed E-state index contributed by atoms with van der Waals surface area (Å²) in [6.07, 6.45) is 6.94. The number of nitrogens with one attached hydrogen (secondary N) is 1. The Hall–Kier alpha value is -1.75. The first-order valence-electron chi connectivity index (χ1n) is 8.57. The molecule has 0 radical (unpaired) electrons. The summed E-state index contributed by atoms with van der Waals surface area (Å²) in [6.45, 7) is 3.57. The second-order valence-electron chi connectivity index (χ2n) is 6.45. The van der Waals surface area contributed by atoms with Crippen molar-refractivity contribution in [3.05, 3.63) is 41.5 Å². The van der Waals surface area contributed by atoms with Gasteiger partial charge in [0.1, 0.15) is 0 Å². The van der Waals surface area contributed by atoms with Crippen LogP contribution in [0.3, 0.4) is 0 Å². The zero-order valence-electron chi connectivity index (χ0n) is 14.1. The maximum absolute atomic E-state index is 12.5. The molecule has 1 aliphatic heterocycles. The quantitative estimate of drug-likeness (QED) is 0.851. The first kappa shape index (κ1) is 17.1. The van der Waals surface area contributed by atoms with Gasteiger partial charge in [0.25, 0.3) is 5.91 Å². The predicted molar refractivity (Wildman–Crippen MR) is 99.5 cm³/mol. The molecule has 4 nitrogen and oxygen atoms in total. The van der Waals surface area contributed by atoms with E-state index in [1.165, 1.54) is 0 Å². The zero-order valence-corrected chi connectivity index (χ0v) is 14.9. The van der Waals surface area contributed by atoms with Crippen LogP contribution in [0.1, 0.15) is 35.2 Å². The van der Waals surface area contributed by atoms with Gasteiger partial charge < -0.3 is 10.2 Å². The van der Waals surface area contributed by atoms with E-state index in [-0.39, 0.29) is 11.8 Å². The van der Waals surface area contributed by atoms with Crippen LogP contribution in [0.4, 0.5) is 5.69 Å². The lowest BCUT2D eigenvalue weighted by Crippen LogP contribution is -2.37. The third-order valence-electron chi connectivity index (χ3n) is 4.61. The molecule has 2 aliphatic rings. The van der Waals surface area contributed by atoms with Crippen molar-refractivity contribution in [2.45, 2.75) is 26.2 Å². The van der Waals surface area contributed by atoms with E-state index in [9.17, 15) is 9.59 Å². The second-order valence-corrected chi connectivity index (χ2v) is 7.68. The molecule has 1 heterocycles. The number of nitrogens with zero attached hydrogens (tertiary/aromatic N) is 1. The molecule has 0 aromatic heterocycles. The highest BCUT2D eigenvalue weighted by atomic mass is 32.2. The third kappa shape index (κ3) is 4.20. The molecule has 1 N–H and O–H groups in total. The van der Waals surface area contributed by atoms with Gasteiger partial charge >= 0.3 is 0 Å². The first-order chi connectivity index (χ1) is 11.6. The van der Waals surface area contributed by atoms with Crippen LogP contribution in [0, 0.1) is 12.8 Å². The Balaban J connectivity index is 1.62. The van der Waals surface area contributed by atoms with Crippen molar-refractivity contribution in [3.63, 3.8) is 0 Å². The average molecular weight is 344 g/mol. The lowest BCUT2D eigenvalue weighted by atomic mass is 10.0. The van der Waals surface area contributed by atoms with E-state index in [4.69, 9.17) is 0 Å². The summed E-state index contributed by atoms with van der Waals surface area (Å²) in [6, 6.07) is 5.56. The van der Waals surface area contributed by atoms with Crippen molar-refractivity contribution in [3.8, 4) is 0 Å². The monoisotopic (exact) mass is 344 g/mol. The zero-order chi connectivity index (χ0) is 16.9. The molecule has 0 saturated carbocycles. The largest absolute Gasteiger partial charge is 0.337 e. The highest BCUT2D eigenvalue weighted by molar-refractivity contribution is 7.99. The maximum Gasteiger partial charge on any atom is 0.253 e. The molecular weight excluding hydrogens is 320 g/mol. The molecule has 1 aliphatic carbocycles. The summed E-state index contributed by atoms with van der Waals surface area (Å²) in [4.78, 5) is 26.6. The molecule has 1 atom stereocenters. The number of rotatable bonds is 4. The predicted octanol–water partition coefficient (Wildman–Crippen LogP) is 3.48. The molecule has 0 bridgehead atoms. The van der Waals surface area contributed by atoms with Crippen molar-refractivity contribution in [1.82, 2.24) is 4.90 Å². The SMILES string of the molecule is Cc1cc(C(=O)N2CCSCC2)ccc1NC(=O)C[C@H]1C=CCC1. The number of hydrogen-bond donors (Lipinski definition) is 1. The van der Waals surface area contributed by atoms with Crippen LogP contribution in [-0.2, 0) is 4.79 Å². The van der Waals surface area contributed by atoms with Crippen LogP contribution in [-0.4, -0.2) is 41.3 Å². The normalized spacial score (nSPS) is 20.2. The average Bonchev–Trinajstić information content (AvgIpc) is 3.09. The molecule has 128 valence electrons. The van der Waals surface area contributed by atoms with Crippen molar-refractivity contribution >= 4 is 29.3 Å². The first-order valence-corrected chi connectivity index (χ1v) is 9.73. The van der Waals surface area contributed by atoms with Gasteiger partial charge in [-0.05, 0) is 49.4 Å². The lowest BCUT2D eigenvalue weighted by Gasteiger charge is -2.26. The van der Waals surface area contributed by atoms with Crippen molar-refractivity contribution in [1.29, 1.82) is 0 Å². The van der Waals surface area contributed by atoms with E-state index in [0.29, 0.717) is 17.9 Å². The molecule has 3 rings (SSSR count). The molecule has 1 aromatic carbocycles. The van der Waals surface area contributed by atoms with Crippen LogP contribution in [0.25, 0.3) is 0 Å². The Kier molecular flexibility index (Phi) is 5.61. The molecule has 1 saturated heterocycles. The minimum atomic E-state index is 0.0433. The molecule has 5 heteroatoms. The van der Waals surface area contributed by atoms with Crippen LogP contribution < -0.4 is 5.32 Å². The van der Waals surface area contributed by atoms with E-state index >= 15 is 0 Å². The number of thioether (sulfide) groups is 1. The molecule has 0 unspecified atom stereocenters. The lowest BCUT2D eigenvalue weighted by molar-refractivity contribution is -0.116. The highest BCUT2D eigenvalue weighted by Crippen LogP contribution is 2.23.